The molecule has 4 nitrogen and oxygen atoms in total. The van der Waals surface area contributed by atoms with Gasteiger partial charge in [-0.25, -0.2) is 0 Å². The fraction of sp³-hybridized carbons (Fsp3) is 0.632. The molecule has 6 heteroatoms. The average Bonchev–Trinajstić information content (AvgIpc) is 2.61. The van der Waals surface area contributed by atoms with Crippen molar-refractivity contribution in [2.75, 3.05) is 38.2 Å². The third-order valence-corrected chi connectivity index (χ3v) is 6.45. The molecule has 0 aromatic heterocycles. The van der Waals surface area contributed by atoms with Gasteiger partial charge in [0.1, 0.15) is 0 Å². The zero-order valence-electron chi connectivity index (χ0n) is 14.8. The quantitative estimate of drug-likeness (QED) is 0.869. The molecule has 25 heavy (non-hydrogen) atoms. The van der Waals surface area contributed by atoms with Crippen molar-refractivity contribution in [2.24, 2.45) is 5.41 Å². The van der Waals surface area contributed by atoms with Gasteiger partial charge in [0.05, 0.1) is 11.9 Å². The summed E-state index contributed by atoms with van der Waals surface area (Å²) in [6, 6.07) is 7.95. The van der Waals surface area contributed by atoms with Crippen LogP contribution in [0.5, 0.6) is 0 Å². The summed E-state index contributed by atoms with van der Waals surface area (Å²) < 4.78 is 0. The van der Waals surface area contributed by atoms with Crippen LogP contribution in [0.2, 0.25) is 5.02 Å². The van der Waals surface area contributed by atoms with E-state index in [1.807, 2.05) is 29.4 Å². The molecule has 3 rings (SSSR count). The smallest absolute Gasteiger partial charge is 0.232 e. The van der Waals surface area contributed by atoms with Gasteiger partial charge in [0.15, 0.2) is 0 Å². The van der Waals surface area contributed by atoms with Crippen LogP contribution in [0.4, 0.5) is 0 Å². The number of piperidine rings is 2. The molecule has 0 aliphatic carbocycles. The second-order valence-corrected chi connectivity index (χ2v) is 8.59. The maximum absolute atomic E-state index is 12.3. The van der Waals surface area contributed by atoms with Crippen LogP contribution in [0.1, 0.15) is 24.8 Å². The fourth-order valence-electron chi connectivity index (χ4n) is 4.23. The molecular weight excluding hydrogens is 356 g/mol. The number of aliphatic hydroxyl groups excluding tert-OH is 1. The maximum Gasteiger partial charge on any atom is 0.232 e. The van der Waals surface area contributed by atoms with E-state index in [1.165, 1.54) is 0 Å². The van der Waals surface area contributed by atoms with E-state index in [-0.39, 0.29) is 17.4 Å². The SMILES string of the molecule is CSCC(=O)N1CCC[C@@]2(CN(Cc3ccccc3Cl)CC[C@H]2O)C1. The number of aliphatic hydroxyl groups is 1. The third-order valence-electron chi connectivity index (χ3n) is 5.54. The molecule has 2 aliphatic heterocycles. The lowest BCUT2D eigenvalue weighted by atomic mass is 9.71. The standard InChI is InChI=1S/C19H27ClN2O2S/c1-25-12-18(24)22-9-4-8-19(14-22)13-21(10-7-17(19)23)11-15-5-2-3-6-16(15)20/h2-3,5-6,17,23H,4,7-14H2,1H3/t17-,19-/m1/s1. The molecule has 2 heterocycles. The molecule has 1 spiro atoms. The Kier molecular flexibility index (Phi) is 6.31. The van der Waals surface area contributed by atoms with Crippen LogP contribution in [0.3, 0.4) is 0 Å². The van der Waals surface area contributed by atoms with Gasteiger partial charge < -0.3 is 10.0 Å². The Morgan fingerprint density at radius 2 is 2.16 bits per heavy atom. The summed E-state index contributed by atoms with van der Waals surface area (Å²) in [6.45, 7) is 3.98. The maximum atomic E-state index is 12.3. The first kappa shape index (κ1) is 19.0. The van der Waals surface area contributed by atoms with E-state index in [2.05, 4.69) is 11.0 Å². The lowest BCUT2D eigenvalue weighted by Crippen LogP contribution is -2.59. The van der Waals surface area contributed by atoms with Gasteiger partial charge in [-0.15, -0.1) is 0 Å². The molecule has 0 unspecified atom stereocenters. The van der Waals surface area contributed by atoms with Gasteiger partial charge in [0.25, 0.3) is 0 Å². The van der Waals surface area contributed by atoms with Gasteiger partial charge >= 0.3 is 0 Å². The van der Waals surface area contributed by atoms with Crippen LogP contribution < -0.4 is 0 Å². The lowest BCUT2D eigenvalue weighted by molar-refractivity contribution is -0.138. The zero-order valence-corrected chi connectivity index (χ0v) is 16.4. The molecule has 0 radical (unpaired) electrons. The Hall–Kier alpha value is -0.750. The molecule has 0 bridgehead atoms. The Bertz CT molecular complexity index is 615. The van der Waals surface area contributed by atoms with Gasteiger partial charge in [0, 0.05) is 43.2 Å². The number of hydrogen-bond donors (Lipinski definition) is 1. The van der Waals surface area contributed by atoms with Crippen molar-refractivity contribution >= 4 is 29.3 Å². The number of hydrogen-bond acceptors (Lipinski definition) is 4. The number of amides is 1. The third kappa shape index (κ3) is 4.33. The van der Waals surface area contributed by atoms with E-state index >= 15 is 0 Å². The van der Waals surface area contributed by atoms with E-state index in [4.69, 9.17) is 11.6 Å². The number of carbonyl (C=O) groups excluding carboxylic acids is 1. The molecular formula is C19H27ClN2O2S. The van der Waals surface area contributed by atoms with E-state index in [1.54, 1.807) is 11.8 Å². The van der Waals surface area contributed by atoms with E-state index in [0.717, 1.165) is 56.0 Å². The molecule has 0 saturated carbocycles. The highest BCUT2D eigenvalue weighted by Gasteiger charge is 2.46. The lowest BCUT2D eigenvalue weighted by Gasteiger charge is -2.51. The van der Waals surface area contributed by atoms with Crippen molar-refractivity contribution in [1.29, 1.82) is 0 Å². The Balaban J connectivity index is 1.71. The molecule has 2 aliphatic rings. The van der Waals surface area contributed by atoms with Crippen molar-refractivity contribution in [3.63, 3.8) is 0 Å². The molecule has 1 amide bonds. The summed E-state index contributed by atoms with van der Waals surface area (Å²) in [7, 11) is 0. The first-order valence-electron chi connectivity index (χ1n) is 8.95. The van der Waals surface area contributed by atoms with Crippen LogP contribution in [0.25, 0.3) is 0 Å². The number of thioether (sulfide) groups is 1. The summed E-state index contributed by atoms with van der Waals surface area (Å²) in [5, 5.41) is 11.6. The number of rotatable bonds is 4. The highest BCUT2D eigenvalue weighted by Crippen LogP contribution is 2.39. The number of halogens is 1. The minimum absolute atomic E-state index is 0.196. The molecule has 2 atom stereocenters. The van der Waals surface area contributed by atoms with Gasteiger partial charge in [-0.2, -0.15) is 11.8 Å². The number of likely N-dealkylation sites (tertiary alicyclic amines) is 2. The fourth-order valence-corrected chi connectivity index (χ4v) is 4.86. The minimum Gasteiger partial charge on any atom is -0.392 e. The van der Waals surface area contributed by atoms with Gasteiger partial charge in [-0.1, -0.05) is 29.8 Å². The zero-order chi connectivity index (χ0) is 17.9. The predicted molar refractivity (Wildman–Crippen MR) is 104 cm³/mol. The molecule has 1 aromatic carbocycles. The van der Waals surface area contributed by atoms with E-state index in [0.29, 0.717) is 12.3 Å². The summed E-state index contributed by atoms with van der Waals surface area (Å²) in [6.07, 6.45) is 4.33. The topological polar surface area (TPSA) is 43.8 Å². The van der Waals surface area contributed by atoms with Crippen LogP contribution in [0.15, 0.2) is 24.3 Å². The normalized spacial score (nSPS) is 27.6. The largest absolute Gasteiger partial charge is 0.392 e. The first-order chi connectivity index (χ1) is 12.0. The second kappa shape index (κ2) is 8.30. The van der Waals surface area contributed by atoms with Crippen LogP contribution in [-0.2, 0) is 11.3 Å². The highest BCUT2D eigenvalue weighted by molar-refractivity contribution is 7.99. The summed E-state index contributed by atoms with van der Waals surface area (Å²) in [4.78, 5) is 16.7. The highest BCUT2D eigenvalue weighted by atomic mass is 35.5. The monoisotopic (exact) mass is 382 g/mol. The summed E-state index contributed by atoms with van der Waals surface area (Å²) >= 11 is 7.88. The minimum atomic E-state index is -0.333. The summed E-state index contributed by atoms with van der Waals surface area (Å²) in [5.74, 6) is 0.720. The molecule has 1 aromatic rings. The van der Waals surface area contributed by atoms with Crippen LogP contribution in [-0.4, -0.2) is 65.1 Å². The Morgan fingerprint density at radius 3 is 2.92 bits per heavy atom. The van der Waals surface area contributed by atoms with Gasteiger partial charge in [0.2, 0.25) is 5.91 Å². The van der Waals surface area contributed by atoms with Crippen molar-refractivity contribution in [1.82, 2.24) is 9.80 Å². The van der Waals surface area contributed by atoms with Crippen molar-refractivity contribution in [3.05, 3.63) is 34.9 Å². The van der Waals surface area contributed by atoms with E-state index in [9.17, 15) is 9.90 Å². The molecule has 138 valence electrons. The van der Waals surface area contributed by atoms with Crippen LogP contribution in [0, 0.1) is 5.41 Å². The molecule has 2 saturated heterocycles. The van der Waals surface area contributed by atoms with Gasteiger partial charge in [-0.05, 0) is 37.1 Å². The second-order valence-electron chi connectivity index (χ2n) is 7.32. The number of carbonyl (C=O) groups is 1. The first-order valence-corrected chi connectivity index (χ1v) is 10.7. The predicted octanol–water partition coefficient (Wildman–Crippen LogP) is 2.88. The molecule has 1 N–H and O–H groups in total. The summed E-state index contributed by atoms with van der Waals surface area (Å²) in [5.41, 5.74) is 0.924. The van der Waals surface area contributed by atoms with E-state index < -0.39 is 0 Å². The Morgan fingerprint density at radius 1 is 1.36 bits per heavy atom. The number of nitrogens with zero attached hydrogens (tertiary/aromatic N) is 2. The van der Waals surface area contributed by atoms with Crippen molar-refractivity contribution in [2.45, 2.75) is 31.9 Å². The average molecular weight is 383 g/mol. The van der Waals surface area contributed by atoms with Crippen LogP contribution >= 0.6 is 23.4 Å². The van der Waals surface area contributed by atoms with Crippen molar-refractivity contribution < 1.29 is 9.90 Å². The molecule has 2 fully saturated rings. The van der Waals surface area contributed by atoms with Crippen molar-refractivity contribution in [3.8, 4) is 0 Å². The number of benzene rings is 1. The Labute approximate surface area is 159 Å². The van der Waals surface area contributed by atoms with Gasteiger partial charge in [-0.3, -0.25) is 9.69 Å².